The number of aliphatic imine (C=N–C) groups is 1. The summed E-state index contributed by atoms with van der Waals surface area (Å²) in [7, 11) is 1.70. The highest BCUT2D eigenvalue weighted by Gasteiger charge is 2.04. The van der Waals surface area contributed by atoms with Gasteiger partial charge < -0.3 is 20.7 Å². The van der Waals surface area contributed by atoms with Crippen LogP contribution in [0.2, 0.25) is 0 Å². The number of pyridine rings is 1. The van der Waals surface area contributed by atoms with Crippen LogP contribution in [0.25, 0.3) is 0 Å². The predicted molar refractivity (Wildman–Crippen MR) is 113 cm³/mol. The second-order valence-electron chi connectivity index (χ2n) is 5.08. The van der Waals surface area contributed by atoms with Gasteiger partial charge in [0.2, 0.25) is 0 Å². The molecule has 0 aliphatic heterocycles. The normalized spacial score (nSPS) is 10.4. The number of carbonyl (C=O) groups excluding carboxylic acids is 1. The van der Waals surface area contributed by atoms with Crippen LogP contribution < -0.4 is 20.7 Å². The van der Waals surface area contributed by atoms with Crippen LogP contribution in [0.4, 0.5) is 0 Å². The Hall–Kier alpha value is -2.36. The summed E-state index contributed by atoms with van der Waals surface area (Å²) in [5.74, 6) is 1.35. The zero-order valence-corrected chi connectivity index (χ0v) is 17.0. The van der Waals surface area contributed by atoms with Gasteiger partial charge in [-0.3, -0.25) is 14.8 Å². The Morgan fingerprint density at radius 3 is 2.46 bits per heavy atom. The third kappa shape index (κ3) is 8.15. The Morgan fingerprint density at radius 2 is 1.77 bits per heavy atom. The number of nitrogens with zero attached hydrogens (tertiary/aromatic N) is 2. The highest BCUT2D eigenvalue weighted by atomic mass is 127. The number of carbonyl (C=O) groups is 1. The first-order chi connectivity index (χ1) is 12.3. The number of rotatable bonds is 8. The van der Waals surface area contributed by atoms with Crippen LogP contribution in [0, 0.1) is 0 Å². The molecule has 2 rings (SSSR count). The minimum Gasteiger partial charge on any atom is -0.492 e. The molecule has 0 fully saturated rings. The highest BCUT2D eigenvalue weighted by molar-refractivity contribution is 14.0. The van der Waals surface area contributed by atoms with Crippen molar-refractivity contribution in [2.45, 2.75) is 0 Å². The second kappa shape index (κ2) is 12.9. The summed E-state index contributed by atoms with van der Waals surface area (Å²) in [4.78, 5) is 19.9. The van der Waals surface area contributed by atoms with Crippen LogP contribution in [0.1, 0.15) is 10.4 Å². The van der Waals surface area contributed by atoms with Gasteiger partial charge in [0.05, 0.1) is 12.1 Å². The van der Waals surface area contributed by atoms with E-state index in [-0.39, 0.29) is 29.9 Å². The Balaban J connectivity index is 0.00000338. The van der Waals surface area contributed by atoms with Crippen molar-refractivity contribution in [1.29, 1.82) is 0 Å². The van der Waals surface area contributed by atoms with Gasteiger partial charge in [0.15, 0.2) is 5.96 Å². The molecule has 0 saturated carbocycles. The highest BCUT2D eigenvalue weighted by Crippen LogP contribution is 2.07. The average Bonchev–Trinajstić information content (AvgIpc) is 2.68. The molecule has 8 heteroatoms. The van der Waals surface area contributed by atoms with Crippen LogP contribution in [0.5, 0.6) is 5.75 Å². The van der Waals surface area contributed by atoms with Crippen LogP contribution in [-0.4, -0.2) is 50.1 Å². The molecular weight excluding hydrogens is 445 g/mol. The van der Waals surface area contributed by atoms with Crippen molar-refractivity contribution in [3.05, 3.63) is 60.4 Å². The third-order valence-corrected chi connectivity index (χ3v) is 3.26. The number of aromatic nitrogens is 1. The van der Waals surface area contributed by atoms with Crippen LogP contribution in [0.15, 0.2) is 59.9 Å². The van der Waals surface area contributed by atoms with Crippen molar-refractivity contribution >= 4 is 35.8 Å². The molecule has 7 nitrogen and oxygen atoms in total. The summed E-state index contributed by atoms with van der Waals surface area (Å²) in [6.07, 6.45) is 3.17. The van der Waals surface area contributed by atoms with E-state index >= 15 is 0 Å². The van der Waals surface area contributed by atoms with E-state index in [2.05, 4.69) is 25.9 Å². The molecule has 1 aromatic carbocycles. The number of ether oxygens (including phenoxy) is 1. The molecule has 0 bridgehead atoms. The van der Waals surface area contributed by atoms with Gasteiger partial charge in [0.25, 0.3) is 5.91 Å². The molecule has 26 heavy (non-hydrogen) atoms. The largest absolute Gasteiger partial charge is 0.492 e. The van der Waals surface area contributed by atoms with E-state index in [9.17, 15) is 4.79 Å². The van der Waals surface area contributed by atoms with Gasteiger partial charge in [-0.1, -0.05) is 18.2 Å². The maximum atomic E-state index is 11.9. The van der Waals surface area contributed by atoms with Crippen molar-refractivity contribution in [1.82, 2.24) is 20.9 Å². The second-order valence-corrected chi connectivity index (χ2v) is 5.08. The first kappa shape index (κ1) is 21.7. The van der Waals surface area contributed by atoms with Crippen molar-refractivity contribution < 1.29 is 9.53 Å². The van der Waals surface area contributed by atoms with E-state index in [1.165, 1.54) is 6.20 Å². The summed E-state index contributed by atoms with van der Waals surface area (Å²) in [6, 6.07) is 13.1. The molecule has 3 N–H and O–H groups in total. The topological polar surface area (TPSA) is 87.6 Å². The van der Waals surface area contributed by atoms with Gasteiger partial charge in [-0.05, 0) is 24.3 Å². The molecule has 0 aliphatic carbocycles. The van der Waals surface area contributed by atoms with Crippen molar-refractivity contribution in [3.8, 4) is 5.75 Å². The molecule has 0 atom stereocenters. The van der Waals surface area contributed by atoms with Crippen LogP contribution in [0.3, 0.4) is 0 Å². The molecule has 1 heterocycles. The van der Waals surface area contributed by atoms with Gasteiger partial charge in [-0.25, -0.2) is 0 Å². The smallest absolute Gasteiger partial charge is 0.252 e. The molecular formula is C18H24IN5O2. The minimum atomic E-state index is -0.144. The fourth-order valence-corrected chi connectivity index (χ4v) is 2.03. The summed E-state index contributed by atoms with van der Waals surface area (Å²) in [5.41, 5.74) is 0.545. The van der Waals surface area contributed by atoms with Crippen molar-refractivity contribution in [2.24, 2.45) is 4.99 Å². The van der Waals surface area contributed by atoms with E-state index in [1.54, 1.807) is 25.4 Å². The van der Waals surface area contributed by atoms with E-state index in [0.717, 1.165) is 5.75 Å². The van der Waals surface area contributed by atoms with Crippen LogP contribution >= 0.6 is 24.0 Å². The van der Waals surface area contributed by atoms with Crippen LogP contribution in [-0.2, 0) is 0 Å². The zero-order valence-electron chi connectivity index (χ0n) is 14.6. The number of para-hydroxylation sites is 1. The summed E-state index contributed by atoms with van der Waals surface area (Å²) in [6.45, 7) is 2.19. The molecule has 0 unspecified atom stereocenters. The first-order valence-corrected chi connectivity index (χ1v) is 8.10. The van der Waals surface area contributed by atoms with Gasteiger partial charge >= 0.3 is 0 Å². The molecule has 1 amide bonds. The standard InChI is InChI=1S/C18H23N5O2.HI/c1-19-18(23-12-13-25-16-7-3-2-4-8-16)22-11-10-21-17(24)15-6-5-9-20-14-15;/h2-9,14H,10-13H2,1H3,(H,21,24)(H2,19,22,23);1H. The first-order valence-electron chi connectivity index (χ1n) is 8.10. The van der Waals surface area contributed by atoms with Gasteiger partial charge in [-0.2, -0.15) is 0 Å². The molecule has 0 saturated heterocycles. The number of halogens is 1. The lowest BCUT2D eigenvalue weighted by Crippen LogP contribution is -2.42. The quantitative estimate of drug-likeness (QED) is 0.237. The average molecular weight is 469 g/mol. The fourth-order valence-electron chi connectivity index (χ4n) is 2.03. The van der Waals surface area contributed by atoms with E-state index < -0.39 is 0 Å². The lowest BCUT2D eigenvalue weighted by molar-refractivity contribution is 0.0954. The van der Waals surface area contributed by atoms with Gasteiger partial charge in [-0.15, -0.1) is 24.0 Å². The SMILES string of the molecule is CN=C(NCCNC(=O)c1cccnc1)NCCOc1ccccc1.I. The zero-order chi connectivity index (χ0) is 17.7. The Morgan fingerprint density at radius 1 is 1.04 bits per heavy atom. The molecule has 0 radical (unpaired) electrons. The van der Waals surface area contributed by atoms with Crippen molar-refractivity contribution in [2.75, 3.05) is 33.3 Å². The summed E-state index contributed by atoms with van der Waals surface area (Å²) >= 11 is 0. The monoisotopic (exact) mass is 469 g/mol. The van der Waals surface area contributed by atoms with Gasteiger partial charge in [0, 0.05) is 32.5 Å². The van der Waals surface area contributed by atoms with E-state index in [4.69, 9.17) is 4.74 Å². The summed E-state index contributed by atoms with van der Waals surface area (Å²) in [5, 5.41) is 9.10. The Kier molecular flexibility index (Phi) is 10.8. The molecule has 140 valence electrons. The number of hydrogen-bond acceptors (Lipinski definition) is 4. The maximum absolute atomic E-state index is 11.9. The minimum absolute atomic E-state index is 0. The van der Waals surface area contributed by atoms with E-state index in [1.807, 2.05) is 30.3 Å². The Bertz CT molecular complexity index is 668. The third-order valence-electron chi connectivity index (χ3n) is 3.26. The number of amides is 1. The fraction of sp³-hybridized carbons (Fsp3) is 0.278. The predicted octanol–water partition coefficient (Wildman–Crippen LogP) is 1.67. The molecule has 0 spiro atoms. The summed E-state index contributed by atoms with van der Waals surface area (Å²) < 4.78 is 5.60. The molecule has 0 aliphatic rings. The number of nitrogens with one attached hydrogen (secondary N) is 3. The maximum Gasteiger partial charge on any atom is 0.252 e. The Labute approximate surface area is 170 Å². The van der Waals surface area contributed by atoms with Crippen molar-refractivity contribution in [3.63, 3.8) is 0 Å². The number of guanidine groups is 1. The lowest BCUT2D eigenvalue weighted by atomic mass is 10.3. The van der Waals surface area contributed by atoms with E-state index in [0.29, 0.717) is 37.8 Å². The van der Waals surface area contributed by atoms with Gasteiger partial charge in [0.1, 0.15) is 12.4 Å². The molecule has 1 aromatic heterocycles. The number of hydrogen-bond donors (Lipinski definition) is 3. The number of benzene rings is 1. The molecule has 2 aromatic rings. The lowest BCUT2D eigenvalue weighted by Gasteiger charge is -2.13.